The Labute approximate surface area is 234 Å². The molecule has 212 valence electrons. The number of piperidine rings is 1. The number of likely N-dealkylation sites (tertiary alicyclic amines) is 1. The Kier molecular flexibility index (Phi) is 7.51. The van der Waals surface area contributed by atoms with Crippen LogP contribution in [0.5, 0.6) is 0 Å². The molecule has 7 heteroatoms. The van der Waals surface area contributed by atoms with Gasteiger partial charge in [0.25, 0.3) is 0 Å². The van der Waals surface area contributed by atoms with E-state index in [4.69, 9.17) is 9.72 Å². The van der Waals surface area contributed by atoms with E-state index in [9.17, 15) is 4.79 Å². The number of carbonyl (C=O) groups excluding carboxylic acids is 1. The van der Waals surface area contributed by atoms with Crippen LogP contribution in [0.25, 0.3) is 11.4 Å². The van der Waals surface area contributed by atoms with Crippen molar-refractivity contribution < 1.29 is 9.53 Å². The molecule has 2 aliphatic heterocycles. The summed E-state index contributed by atoms with van der Waals surface area (Å²) in [6, 6.07) is 7.36. The average Bonchev–Trinajstić information content (AvgIpc) is 3.34. The van der Waals surface area contributed by atoms with Crippen LogP contribution in [0.3, 0.4) is 0 Å². The standard InChI is InChI=1S/C32H47N5O2/c1-30(2,3)39-27(38)18-22-10-15-37(20-22)24-11-16-36(17-12-24)29-34-21-33-28(35-29)23-8-9-25-26(19-23)32(6,7)14-13-31(25,4)5/h8-9,19,21-22,24H,10-18,20H2,1-7H3. The predicted molar refractivity (Wildman–Crippen MR) is 156 cm³/mol. The van der Waals surface area contributed by atoms with Crippen LogP contribution in [0.4, 0.5) is 5.95 Å². The maximum atomic E-state index is 12.3. The second-order valence-electron chi connectivity index (χ2n) is 14.3. The molecule has 2 aromatic rings. The molecule has 0 spiro atoms. The maximum absolute atomic E-state index is 12.3. The van der Waals surface area contributed by atoms with E-state index >= 15 is 0 Å². The molecule has 0 amide bonds. The van der Waals surface area contributed by atoms with Crippen LogP contribution in [0, 0.1) is 5.92 Å². The van der Waals surface area contributed by atoms with Gasteiger partial charge in [-0.1, -0.05) is 39.8 Å². The van der Waals surface area contributed by atoms with Gasteiger partial charge < -0.3 is 9.64 Å². The van der Waals surface area contributed by atoms with Crippen LogP contribution < -0.4 is 4.90 Å². The molecule has 39 heavy (non-hydrogen) atoms. The van der Waals surface area contributed by atoms with Gasteiger partial charge in [-0.3, -0.25) is 9.69 Å². The molecule has 0 bridgehead atoms. The second-order valence-corrected chi connectivity index (χ2v) is 14.3. The molecule has 1 atom stereocenters. The first-order valence-corrected chi connectivity index (χ1v) is 14.9. The number of rotatable bonds is 5. The maximum Gasteiger partial charge on any atom is 0.306 e. The lowest BCUT2D eigenvalue weighted by atomic mass is 9.63. The second kappa shape index (κ2) is 10.5. The largest absolute Gasteiger partial charge is 0.460 e. The minimum atomic E-state index is -0.412. The Morgan fingerprint density at radius 2 is 1.67 bits per heavy atom. The highest BCUT2D eigenvalue weighted by atomic mass is 16.6. The molecule has 5 rings (SSSR count). The van der Waals surface area contributed by atoms with Gasteiger partial charge in [0, 0.05) is 37.7 Å². The Morgan fingerprint density at radius 1 is 0.974 bits per heavy atom. The van der Waals surface area contributed by atoms with Gasteiger partial charge in [-0.05, 0) is 93.4 Å². The SMILES string of the molecule is CC(C)(C)OC(=O)CC1CCN(C2CCN(c3ncnc(-c4ccc5c(c4)C(C)(C)CCC5(C)C)n3)CC2)C1. The van der Waals surface area contributed by atoms with Crippen molar-refractivity contribution in [3.8, 4) is 11.4 Å². The van der Waals surface area contributed by atoms with E-state index in [2.05, 4.69) is 65.7 Å². The molecule has 2 fully saturated rings. The van der Waals surface area contributed by atoms with Gasteiger partial charge >= 0.3 is 5.97 Å². The summed E-state index contributed by atoms with van der Waals surface area (Å²) < 4.78 is 5.55. The molecule has 1 unspecified atom stereocenters. The third-order valence-electron chi connectivity index (χ3n) is 9.13. The summed E-state index contributed by atoms with van der Waals surface area (Å²) in [5, 5.41) is 0. The van der Waals surface area contributed by atoms with Crippen molar-refractivity contribution in [2.24, 2.45) is 5.92 Å². The molecule has 1 aliphatic carbocycles. The summed E-state index contributed by atoms with van der Waals surface area (Å²) in [6.45, 7) is 19.2. The lowest BCUT2D eigenvalue weighted by Crippen LogP contribution is -2.44. The van der Waals surface area contributed by atoms with E-state index in [-0.39, 0.29) is 16.8 Å². The Bertz CT molecular complexity index is 1190. The summed E-state index contributed by atoms with van der Waals surface area (Å²) in [4.78, 5) is 31.3. The first kappa shape index (κ1) is 28.0. The number of fused-ring (bicyclic) bond motifs is 1. The van der Waals surface area contributed by atoms with Crippen LogP contribution in [0.2, 0.25) is 0 Å². The first-order valence-electron chi connectivity index (χ1n) is 14.9. The number of hydrogen-bond donors (Lipinski definition) is 0. The van der Waals surface area contributed by atoms with Crippen molar-refractivity contribution in [3.63, 3.8) is 0 Å². The van der Waals surface area contributed by atoms with Gasteiger partial charge in [-0.15, -0.1) is 0 Å². The average molecular weight is 534 g/mol. The van der Waals surface area contributed by atoms with E-state index in [1.807, 2.05) is 20.8 Å². The zero-order valence-corrected chi connectivity index (χ0v) is 25.1. The molecule has 2 saturated heterocycles. The van der Waals surface area contributed by atoms with Crippen LogP contribution >= 0.6 is 0 Å². The summed E-state index contributed by atoms with van der Waals surface area (Å²) >= 11 is 0. The Balaban J connectivity index is 1.21. The molecule has 1 aromatic heterocycles. The van der Waals surface area contributed by atoms with Crippen molar-refractivity contribution in [2.75, 3.05) is 31.1 Å². The van der Waals surface area contributed by atoms with Gasteiger partial charge in [-0.2, -0.15) is 4.98 Å². The number of aromatic nitrogens is 3. The van der Waals surface area contributed by atoms with Crippen molar-refractivity contribution in [3.05, 3.63) is 35.7 Å². The number of anilines is 1. The quantitative estimate of drug-likeness (QED) is 0.443. The zero-order valence-electron chi connectivity index (χ0n) is 25.1. The molecular weight excluding hydrogens is 486 g/mol. The Hall–Kier alpha value is -2.54. The summed E-state index contributed by atoms with van der Waals surface area (Å²) in [7, 11) is 0. The summed E-state index contributed by atoms with van der Waals surface area (Å²) in [5.74, 6) is 1.87. The Morgan fingerprint density at radius 3 is 2.36 bits per heavy atom. The normalized spacial score (nSPS) is 23.5. The first-order chi connectivity index (χ1) is 18.3. The van der Waals surface area contributed by atoms with E-state index in [1.165, 1.54) is 24.0 Å². The van der Waals surface area contributed by atoms with Crippen LogP contribution in [0.15, 0.2) is 24.5 Å². The van der Waals surface area contributed by atoms with Crippen molar-refractivity contribution in [2.45, 2.75) is 109 Å². The smallest absolute Gasteiger partial charge is 0.306 e. The van der Waals surface area contributed by atoms with Crippen LogP contribution in [-0.2, 0) is 20.4 Å². The van der Waals surface area contributed by atoms with Crippen LogP contribution in [0.1, 0.15) is 98.1 Å². The monoisotopic (exact) mass is 533 g/mol. The topological polar surface area (TPSA) is 71.5 Å². The van der Waals surface area contributed by atoms with Gasteiger partial charge in [-0.25, -0.2) is 9.97 Å². The van der Waals surface area contributed by atoms with Crippen molar-refractivity contribution >= 4 is 11.9 Å². The third kappa shape index (κ3) is 6.29. The molecular formula is C32H47N5O2. The van der Waals surface area contributed by atoms with E-state index in [1.54, 1.807) is 6.33 Å². The molecule has 3 heterocycles. The molecule has 0 saturated carbocycles. The number of nitrogens with zero attached hydrogens (tertiary/aromatic N) is 5. The molecule has 0 N–H and O–H groups in total. The molecule has 0 radical (unpaired) electrons. The van der Waals surface area contributed by atoms with Crippen molar-refractivity contribution in [1.82, 2.24) is 19.9 Å². The number of carbonyl (C=O) groups is 1. The van der Waals surface area contributed by atoms with Gasteiger partial charge in [0.2, 0.25) is 5.95 Å². The summed E-state index contributed by atoms with van der Waals surface area (Å²) in [5.41, 5.74) is 3.89. The molecule has 1 aromatic carbocycles. The van der Waals surface area contributed by atoms with Crippen LogP contribution in [-0.4, -0.2) is 63.6 Å². The third-order valence-corrected chi connectivity index (χ3v) is 9.13. The summed E-state index contributed by atoms with van der Waals surface area (Å²) in [6.07, 6.45) is 7.83. The fourth-order valence-corrected chi connectivity index (χ4v) is 6.72. The predicted octanol–water partition coefficient (Wildman–Crippen LogP) is 5.91. The minimum absolute atomic E-state index is 0.0685. The number of hydrogen-bond acceptors (Lipinski definition) is 7. The number of esters is 1. The van der Waals surface area contributed by atoms with Gasteiger partial charge in [0.15, 0.2) is 5.82 Å². The van der Waals surface area contributed by atoms with E-state index < -0.39 is 5.60 Å². The molecule has 3 aliphatic rings. The lowest BCUT2D eigenvalue weighted by Gasteiger charge is -2.42. The fraction of sp³-hybridized carbons (Fsp3) is 0.688. The highest BCUT2D eigenvalue weighted by Crippen LogP contribution is 2.46. The lowest BCUT2D eigenvalue weighted by molar-refractivity contribution is -0.155. The van der Waals surface area contributed by atoms with Gasteiger partial charge in [0.1, 0.15) is 11.9 Å². The number of benzene rings is 1. The van der Waals surface area contributed by atoms with Gasteiger partial charge in [0.05, 0.1) is 0 Å². The molecule has 7 nitrogen and oxygen atoms in total. The highest BCUT2D eigenvalue weighted by molar-refractivity contribution is 5.70. The van der Waals surface area contributed by atoms with E-state index in [0.29, 0.717) is 18.4 Å². The fourth-order valence-electron chi connectivity index (χ4n) is 6.72. The number of ether oxygens (including phenoxy) is 1. The highest BCUT2D eigenvalue weighted by Gasteiger charge is 2.37. The van der Waals surface area contributed by atoms with Crippen molar-refractivity contribution in [1.29, 1.82) is 0 Å². The van der Waals surface area contributed by atoms with E-state index in [0.717, 1.165) is 62.8 Å². The zero-order chi connectivity index (χ0) is 28.0. The minimum Gasteiger partial charge on any atom is -0.460 e.